The van der Waals surface area contributed by atoms with E-state index < -0.39 is 36.0 Å². The van der Waals surface area contributed by atoms with E-state index in [1.165, 1.54) is 29.2 Å². The Kier molecular flexibility index (Phi) is 10.4. The number of likely N-dealkylation sites (tertiary alicyclic amines) is 1. The van der Waals surface area contributed by atoms with Crippen molar-refractivity contribution in [1.29, 1.82) is 5.41 Å². The molecule has 0 saturated carbocycles. The second kappa shape index (κ2) is 14.7. The standard InChI is InChI=1S/C36H38F3N5O3/c1-3-26-21-32(36(38,39)4-2)42-44(34(26)40)23-33(45)43-22-25(11-10-24-8-6-5-7-9-24)20-31(43)35(46)41-28-14-18-30(19-15-28)47-29-16-12-27(37)13-17-29/h4-9,12-19,25-26,31,40H,2-3,10-11,20-23H2,1H3,(H,41,46). The van der Waals surface area contributed by atoms with Gasteiger partial charge in [-0.05, 0) is 91.8 Å². The molecule has 2 aliphatic heterocycles. The number of halogens is 3. The van der Waals surface area contributed by atoms with Crippen molar-refractivity contribution in [2.75, 3.05) is 18.4 Å². The van der Waals surface area contributed by atoms with E-state index in [4.69, 9.17) is 10.1 Å². The molecule has 3 aromatic carbocycles. The summed E-state index contributed by atoms with van der Waals surface area (Å²) in [6.07, 6.45) is 2.80. The van der Waals surface area contributed by atoms with Crippen LogP contribution in [-0.2, 0) is 16.0 Å². The molecule has 3 aromatic rings. The maximum Gasteiger partial charge on any atom is 0.305 e. The maximum atomic E-state index is 14.6. The fraction of sp³-hybridized carbons (Fsp3) is 0.333. The molecule has 2 heterocycles. The van der Waals surface area contributed by atoms with Crippen LogP contribution in [-0.4, -0.2) is 58.3 Å². The lowest BCUT2D eigenvalue weighted by Gasteiger charge is -2.34. The summed E-state index contributed by atoms with van der Waals surface area (Å²) in [5.74, 6) is -4.14. The Morgan fingerprint density at radius 1 is 1.06 bits per heavy atom. The second-order valence-electron chi connectivity index (χ2n) is 11.9. The molecule has 246 valence electrons. The Labute approximate surface area is 272 Å². The minimum Gasteiger partial charge on any atom is -0.457 e. The van der Waals surface area contributed by atoms with Crippen LogP contribution in [0.25, 0.3) is 0 Å². The minimum absolute atomic E-state index is 0.00626. The summed E-state index contributed by atoms with van der Waals surface area (Å²) in [6.45, 7) is 4.90. The molecule has 3 unspecified atom stereocenters. The molecule has 0 spiro atoms. The third-order valence-electron chi connectivity index (χ3n) is 8.63. The van der Waals surface area contributed by atoms with Crippen LogP contribution < -0.4 is 10.1 Å². The van der Waals surface area contributed by atoms with Crippen LogP contribution in [0.4, 0.5) is 18.9 Å². The number of nitrogens with one attached hydrogen (secondary N) is 2. The van der Waals surface area contributed by atoms with Crippen molar-refractivity contribution >= 4 is 29.0 Å². The third-order valence-corrected chi connectivity index (χ3v) is 8.63. The monoisotopic (exact) mass is 645 g/mol. The van der Waals surface area contributed by atoms with Gasteiger partial charge in [0.1, 0.15) is 41.5 Å². The number of hydrogen-bond donors (Lipinski definition) is 2. The molecule has 3 atom stereocenters. The number of alkyl halides is 2. The van der Waals surface area contributed by atoms with Gasteiger partial charge in [0, 0.05) is 24.6 Å². The highest BCUT2D eigenvalue weighted by Gasteiger charge is 2.42. The summed E-state index contributed by atoms with van der Waals surface area (Å²) in [6, 6.07) is 21.4. The van der Waals surface area contributed by atoms with E-state index in [0.29, 0.717) is 42.6 Å². The summed E-state index contributed by atoms with van der Waals surface area (Å²) in [5, 5.41) is 16.5. The maximum absolute atomic E-state index is 14.6. The van der Waals surface area contributed by atoms with Crippen molar-refractivity contribution in [2.45, 2.75) is 51.0 Å². The second-order valence-corrected chi connectivity index (χ2v) is 11.9. The van der Waals surface area contributed by atoms with Crippen LogP contribution in [0.1, 0.15) is 38.2 Å². The molecule has 2 amide bonds. The van der Waals surface area contributed by atoms with Gasteiger partial charge in [0.2, 0.25) is 11.8 Å². The van der Waals surface area contributed by atoms with Crippen molar-refractivity contribution < 1.29 is 27.5 Å². The summed E-state index contributed by atoms with van der Waals surface area (Å²) in [7, 11) is 0. The highest BCUT2D eigenvalue weighted by molar-refractivity contribution is 6.01. The minimum atomic E-state index is -3.37. The van der Waals surface area contributed by atoms with Crippen LogP contribution >= 0.6 is 0 Å². The number of aryl methyl sites for hydroxylation is 1. The van der Waals surface area contributed by atoms with Crippen LogP contribution in [0.2, 0.25) is 0 Å². The van der Waals surface area contributed by atoms with Gasteiger partial charge in [-0.25, -0.2) is 9.40 Å². The Morgan fingerprint density at radius 2 is 1.72 bits per heavy atom. The van der Waals surface area contributed by atoms with Crippen LogP contribution in [0.5, 0.6) is 11.5 Å². The van der Waals surface area contributed by atoms with E-state index in [1.807, 2.05) is 30.3 Å². The number of carbonyl (C=O) groups excluding carboxylic acids is 2. The van der Waals surface area contributed by atoms with E-state index in [-0.39, 0.29) is 29.9 Å². The van der Waals surface area contributed by atoms with Gasteiger partial charge in [0.25, 0.3) is 0 Å². The molecule has 2 N–H and O–H groups in total. The third kappa shape index (κ3) is 8.27. The zero-order valence-electron chi connectivity index (χ0n) is 26.2. The molecule has 0 aromatic heterocycles. The lowest BCUT2D eigenvalue weighted by molar-refractivity contribution is -0.137. The molecule has 47 heavy (non-hydrogen) atoms. The van der Waals surface area contributed by atoms with Crippen molar-refractivity contribution in [3.05, 3.63) is 103 Å². The predicted octanol–water partition coefficient (Wildman–Crippen LogP) is 7.29. The predicted molar refractivity (Wildman–Crippen MR) is 175 cm³/mol. The van der Waals surface area contributed by atoms with Crippen molar-refractivity contribution in [2.24, 2.45) is 16.9 Å². The smallest absolute Gasteiger partial charge is 0.305 e. The average Bonchev–Trinajstić information content (AvgIpc) is 3.52. The van der Waals surface area contributed by atoms with E-state index in [2.05, 4.69) is 17.0 Å². The average molecular weight is 646 g/mol. The number of allylic oxidation sites excluding steroid dienone is 1. The van der Waals surface area contributed by atoms with Gasteiger partial charge in [-0.15, -0.1) is 0 Å². The van der Waals surface area contributed by atoms with Gasteiger partial charge < -0.3 is 15.0 Å². The van der Waals surface area contributed by atoms with E-state index in [9.17, 15) is 22.8 Å². The van der Waals surface area contributed by atoms with Gasteiger partial charge in [0.15, 0.2) is 0 Å². The number of hydrazone groups is 1. The molecular formula is C36H38F3N5O3. The lowest BCUT2D eigenvalue weighted by Crippen LogP contribution is -2.50. The Morgan fingerprint density at radius 3 is 2.36 bits per heavy atom. The quantitative estimate of drug-likeness (QED) is 0.202. The van der Waals surface area contributed by atoms with Crippen LogP contribution in [0.15, 0.2) is 96.6 Å². The first-order valence-corrected chi connectivity index (χ1v) is 15.7. The number of carbonyl (C=O) groups is 2. The summed E-state index contributed by atoms with van der Waals surface area (Å²) < 4.78 is 48.1. The number of hydrogen-bond acceptors (Lipinski definition) is 5. The molecule has 0 radical (unpaired) electrons. The van der Waals surface area contributed by atoms with Crippen LogP contribution in [0, 0.1) is 23.1 Å². The number of amidine groups is 1. The molecule has 1 saturated heterocycles. The van der Waals surface area contributed by atoms with Gasteiger partial charge in [-0.2, -0.15) is 13.9 Å². The zero-order chi connectivity index (χ0) is 33.6. The molecule has 8 nitrogen and oxygen atoms in total. The van der Waals surface area contributed by atoms with Gasteiger partial charge in [-0.1, -0.05) is 43.8 Å². The SMILES string of the molecule is C=CC(F)(F)C1=NN(CC(=O)N2CC(CCc3ccccc3)CC2C(=O)Nc2ccc(Oc3ccc(F)cc3)cc2)C(=N)C(CC)C1. The summed E-state index contributed by atoms with van der Waals surface area (Å²) in [5.41, 5.74) is 1.20. The molecular weight excluding hydrogens is 607 g/mol. The van der Waals surface area contributed by atoms with Crippen molar-refractivity contribution in [1.82, 2.24) is 9.91 Å². The van der Waals surface area contributed by atoms with E-state index in [0.717, 1.165) is 23.4 Å². The van der Waals surface area contributed by atoms with Crippen LogP contribution in [0.3, 0.4) is 0 Å². The first-order chi connectivity index (χ1) is 22.6. The number of amides is 2. The molecule has 0 bridgehead atoms. The fourth-order valence-electron chi connectivity index (χ4n) is 5.92. The van der Waals surface area contributed by atoms with Gasteiger partial charge >= 0.3 is 5.92 Å². The van der Waals surface area contributed by atoms with E-state index in [1.54, 1.807) is 31.2 Å². The molecule has 2 aliphatic rings. The number of benzene rings is 3. The number of nitrogens with zero attached hydrogens (tertiary/aromatic N) is 3. The van der Waals surface area contributed by atoms with Gasteiger partial charge in [0.05, 0.1) is 0 Å². The number of ether oxygens (including phenoxy) is 1. The van der Waals surface area contributed by atoms with Crippen molar-refractivity contribution in [3.63, 3.8) is 0 Å². The normalized spacial score (nSPS) is 19.7. The molecule has 5 rings (SSSR count). The number of anilines is 1. The molecule has 11 heteroatoms. The lowest BCUT2D eigenvalue weighted by atomic mass is 9.93. The topological polar surface area (TPSA) is 98.1 Å². The fourth-order valence-corrected chi connectivity index (χ4v) is 5.92. The largest absolute Gasteiger partial charge is 0.457 e. The zero-order valence-corrected chi connectivity index (χ0v) is 26.2. The first kappa shape index (κ1) is 33.4. The summed E-state index contributed by atoms with van der Waals surface area (Å²) in [4.78, 5) is 29.0. The van der Waals surface area contributed by atoms with Crippen molar-refractivity contribution in [3.8, 4) is 11.5 Å². The molecule has 1 fully saturated rings. The Balaban J connectivity index is 1.31. The first-order valence-electron chi connectivity index (χ1n) is 15.7. The highest BCUT2D eigenvalue weighted by Crippen LogP contribution is 2.32. The van der Waals surface area contributed by atoms with Gasteiger partial charge in [-0.3, -0.25) is 15.0 Å². The van der Waals surface area contributed by atoms with E-state index >= 15 is 0 Å². The highest BCUT2D eigenvalue weighted by atomic mass is 19.3. The Hall–Kier alpha value is -4.93. The number of rotatable bonds is 12. The summed E-state index contributed by atoms with van der Waals surface area (Å²) >= 11 is 0. The Bertz CT molecular complexity index is 1610. The molecule has 0 aliphatic carbocycles.